The standard InChI is InChI=1S/C20H37N5O6S2/c1-5-11(2)16(22)19(29)23-12(6-8-32-3)17(27)25-14(10-15(21)26)18(28)24-13(20(30)31)7-9-33-4/h11-14,16H,5-10,22H2,1-4H3,(H2,21,26)(H,23,29)(H,24,28)(H,25,27)(H,30,31). The van der Waals surface area contributed by atoms with Crippen molar-refractivity contribution in [2.45, 2.75) is 63.7 Å². The van der Waals surface area contributed by atoms with Gasteiger partial charge in [0, 0.05) is 0 Å². The summed E-state index contributed by atoms with van der Waals surface area (Å²) in [5.74, 6) is -3.18. The molecule has 0 rings (SSSR count). The van der Waals surface area contributed by atoms with Gasteiger partial charge in [0.05, 0.1) is 12.5 Å². The number of nitrogens with one attached hydrogen (secondary N) is 3. The third kappa shape index (κ3) is 12.2. The van der Waals surface area contributed by atoms with Crippen molar-refractivity contribution >= 4 is 53.1 Å². The molecule has 8 N–H and O–H groups in total. The van der Waals surface area contributed by atoms with Crippen LogP contribution >= 0.6 is 23.5 Å². The Hall–Kier alpha value is -1.99. The molecule has 0 aromatic heterocycles. The molecule has 4 amide bonds. The first-order valence-corrected chi connectivity index (χ1v) is 13.4. The van der Waals surface area contributed by atoms with Gasteiger partial charge in [-0.15, -0.1) is 0 Å². The Balaban J connectivity index is 5.47. The molecule has 0 aliphatic heterocycles. The molecule has 0 bridgehead atoms. The molecule has 0 aliphatic rings. The van der Waals surface area contributed by atoms with Crippen molar-refractivity contribution in [2.24, 2.45) is 17.4 Å². The van der Waals surface area contributed by atoms with E-state index in [1.807, 2.05) is 20.1 Å². The summed E-state index contributed by atoms with van der Waals surface area (Å²) in [5, 5.41) is 16.7. The zero-order chi connectivity index (χ0) is 25.6. The van der Waals surface area contributed by atoms with Gasteiger partial charge < -0.3 is 32.5 Å². The van der Waals surface area contributed by atoms with E-state index in [1.54, 1.807) is 6.26 Å². The molecule has 0 aliphatic carbocycles. The van der Waals surface area contributed by atoms with E-state index in [0.717, 1.165) is 0 Å². The van der Waals surface area contributed by atoms with E-state index in [0.29, 0.717) is 17.9 Å². The highest BCUT2D eigenvalue weighted by Gasteiger charge is 2.31. The van der Waals surface area contributed by atoms with Crippen molar-refractivity contribution in [1.29, 1.82) is 0 Å². The summed E-state index contributed by atoms with van der Waals surface area (Å²) in [7, 11) is 0. The SMILES string of the molecule is CCC(C)C(N)C(=O)NC(CCSC)C(=O)NC(CC(N)=O)C(=O)NC(CCSC)C(=O)O. The smallest absolute Gasteiger partial charge is 0.326 e. The maximum atomic E-state index is 12.9. The number of hydrogen-bond acceptors (Lipinski definition) is 8. The fourth-order valence-corrected chi connectivity index (χ4v) is 3.68. The normalized spacial score (nSPS) is 15.4. The minimum atomic E-state index is -1.39. The van der Waals surface area contributed by atoms with Gasteiger partial charge in [0.1, 0.15) is 18.1 Å². The summed E-state index contributed by atoms with van der Waals surface area (Å²) in [6.45, 7) is 3.72. The predicted octanol–water partition coefficient (Wildman–Crippen LogP) is -0.720. The fourth-order valence-electron chi connectivity index (χ4n) is 2.73. The molecule has 5 atom stereocenters. The van der Waals surface area contributed by atoms with E-state index in [1.165, 1.54) is 23.5 Å². The Bertz CT molecular complexity index is 681. The Morgan fingerprint density at radius 1 is 0.848 bits per heavy atom. The Labute approximate surface area is 203 Å². The first kappa shape index (κ1) is 31.0. The van der Waals surface area contributed by atoms with E-state index < -0.39 is 60.2 Å². The summed E-state index contributed by atoms with van der Waals surface area (Å²) in [6.07, 6.45) is 4.22. The third-order valence-electron chi connectivity index (χ3n) is 5.07. The van der Waals surface area contributed by atoms with Gasteiger partial charge in [0.15, 0.2) is 0 Å². The van der Waals surface area contributed by atoms with Gasteiger partial charge >= 0.3 is 5.97 Å². The highest BCUT2D eigenvalue weighted by Crippen LogP contribution is 2.08. The average molecular weight is 508 g/mol. The van der Waals surface area contributed by atoms with Gasteiger partial charge in [-0.2, -0.15) is 23.5 Å². The summed E-state index contributed by atoms with van der Waals surface area (Å²) >= 11 is 2.88. The van der Waals surface area contributed by atoms with E-state index in [2.05, 4.69) is 16.0 Å². The molecule has 13 heteroatoms. The molecule has 0 aromatic carbocycles. The first-order chi connectivity index (χ1) is 15.5. The molecule has 11 nitrogen and oxygen atoms in total. The van der Waals surface area contributed by atoms with E-state index in [-0.39, 0.29) is 18.8 Å². The van der Waals surface area contributed by atoms with Crippen molar-refractivity contribution in [2.75, 3.05) is 24.0 Å². The molecule has 190 valence electrons. The molecular weight excluding hydrogens is 470 g/mol. The van der Waals surface area contributed by atoms with Crippen LogP contribution in [-0.2, 0) is 24.0 Å². The zero-order valence-electron chi connectivity index (χ0n) is 19.6. The highest BCUT2D eigenvalue weighted by atomic mass is 32.2. The van der Waals surface area contributed by atoms with Crippen LogP contribution in [0.4, 0.5) is 0 Å². The second kappa shape index (κ2) is 16.6. The van der Waals surface area contributed by atoms with Crippen LogP contribution < -0.4 is 27.4 Å². The molecule has 0 heterocycles. The van der Waals surface area contributed by atoms with Crippen LogP contribution in [0.25, 0.3) is 0 Å². The minimum absolute atomic E-state index is 0.100. The number of thioether (sulfide) groups is 2. The lowest BCUT2D eigenvalue weighted by Gasteiger charge is -2.25. The average Bonchev–Trinajstić information content (AvgIpc) is 2.76. The van der Waals surface area contributed by atoms with Crippen molar-refractivity contribution in [3.8, 4) is 0 Å². The molecule has 0 aromatic rings. The molecule has 0 saturated heterocycles. The molecule has 0 spiro atoms. The zero-order valence-corrected chi connectivity index (χ0v) is 21.2. The van der Waals surface area contributed by atoms with Crippen LogP contribution in [0, 0.1) is 5.92 Å². The number of carbonyl (C=O) groups is 5. The van der Waals surface area contributed by atoms with Gasteiger partial charge in [0.2, 0.25) is 23.6 Å². The van der Waals surface area contributed by atoms with Gasteiger partial charge in [-0.3, -0.25) is 19.2 Å². The van der Waals surface area contributed by atoms with Crippen LogP contribution in [0.15, 0.2) is 0 Å². The number of carboxylic acid groups (broad SMARTS) is 1. The van der Waals surface area contributed by atoms with E-state index >= 15 is 0 Å². The van der Waals surface area contributed by atoms with E-state index in [4.69, 9.17) is 11.5 Å². The van der Waals surface area contributed by atoms with Gasteiger partial charge in [-0.25, -0.2) is 4.79 Å². The predicted molar refractivity (Wildman–Crippen MR) is 131 cm³/mol. The fraction of sp³-hybridized carbons (Fsp3) is 0.750. The highest BCUT2D eigenvalue weighted by molar-refractivity contribution is 7.98. The number of primary amides is 1. The van der Waals surface area contributed by atoms with Crippen LogP contribution in [-0.4, -0.2) is 82.9 Å². The van der Waals surface area contributed by atoms with Gasteiger partial charge in [0.25, 0.3) is 0 Å². The number of carbonyl (C=O) groups excluding carboxylic acids is 4. The lowest BCUT2D eigenvalue weighted by Crippen LogP contribution is -2.58. The van der Waals surface area contributed by atoms with Gasteiger partial charge in [-0.05, 0) is 42.8 Å². The number of carboxylic acids is 1. The maximum Gasteiger partial charge on any atom is 0.326 e. The maximum absolute atomic E-state index is 12.9. The second-order valence-electron chi connectivity index (χ2n) is 7.67. The third-order valence-corrected chi connectivity index (χ3v) is 6.35. The quantitative estimate of drug-likeness (QED) is 0.147. The number of nitrogens with two attached hydrogens (primary N) is 2. The topological polar surface area (TPSA) is 194 Å². The number of amides is 4. The molecular formula is C20H37N5O6S2. The molecule has 33 heavy (non-hydrogen) atoms. The second-order valence-corrected chi connectivity index (χ2v) is 9.64. The minimum Gasteiger partial charge on any atom is -0.480 e. The van der Waals surface area contributed by atoms with Crippen LogP contribution in [0.1, 0.15) is 39.5 Å². The summed E-state index contributed by atoms with van der Waals surface area (Å²) in [6, 6.07) is -4.37. The molecule has 0 radical (unpaired) electrons. The number of hydrogen-bond donors (Lipinski definition) is 6. The van der Waals surface area contributed by atoms with Crippen LogP contribution in [0.5, 0.6) is 0 Å². The van der Waals surface area contributed by atoms with Crippen molar-refractivity contribution in [3.63, 3.8) is 0 Å². The first-order valence-electron chi connectivity index (χ1n) is 10.6. The number of aliphatic carboxylic acids is 1. The summed E-state index contributed by atoms with van der Waals surface area (Å²) < 4.78 is 0. The van der Waals surface area contributed by atoms with E-state index in [9.17, 15) is 29.1 Å². The van der Waals surface area contributed by atoms with Crippen LogP contribution in [0.3, 0.4) is 0 Å². The molecule has 0 fully saturated rings. The lowest BCUT2D eigenvalue weighted by atomic mass is 9.99. The molecule has 5 unspecified atom stereocenters. The molecule has 0 saturated carbocycles. The van der Waals surface area contributed by atoms with Crippen molar-refractivity contribution in [3.05, 3.63) is 0 Å². The Morgan fingerprint density at radius 2 is 1.30 bits per heavy atom. The largest absolute Gasteiger partial charge is 0.480 e. The van der Waals surface area contributed by atoms with Crippen molar-refractivity contribution < 1.29 is 29.1 Å². The summed E-state index contributed by atoms with van der Waals surface area (Å²) in [4.78, 5) is 61.0. The monoisotopic (exact) mass is 507 g/mol. The Kier molecular flexibility index (Phi) is 15.6. The Morgan fingerprint density at radius 3 is 1.76 bits per heavy atom. The number of rotatable bonds is 17. The summed E-state index contributed by atoms with van der Waals surface area (Å²) in [5.41, 5.74) is 11.2. The van der Waals surface area contributed by atoms with Crippen molar-refractivity contribution in [1.82, 2.24) is 16.0 Å². The van der Waals surface area contributed by atoms with Crippen LogP contribution in [0.2, 0.25) is 0 Å². The van der Waals surface area contributed by atoms with Gasteiger partial charge in [-0.1, -0.05) is 20.3 Å². The lowest BCUT2D eigenvalue weighted by molar-refractivity contribution is -0.142.